The van der Waals surface area contributed by atoms with Gasteiger partial charge in [-0.3, -0.25) is 4.39 Å². The van der Waals surface area contributed by atoms with Crippen molar-refractivity contribution in [3.8, 4) is 0 Å². The van der Waals surface area contributed by atoms with Crippen LogP contribution in [0.3, 0.4) is 0 Å². The van der Waals surface area contributed by atoms with Gasteiger partial charge < -0.3 is 0 Å². The second-order valence-electron chi connectivity index (χ2n) is 8.53. The molecule has 2 fully saturated rings. The molecule has 0 bridgehead atoms. The molecular weight excluding hydrogens is 343 g/mol. The normalized spacial score (nSPS) is 29.9. The van der Waals surface area contributed by atoms with Gasteiger partial charge in [0.2, 0.25) is 0 Å². The summed E-state index contributed by atoms with van der Waals surface area (Å²) in [4.78, 5) is 0. The maximum absolute atomic E-state index is 12.2. The Labute approximate surface area is 164 Å². The number of alkyl halides is 1. The van der Waals surface area contributed by atoms with Gasteiger partial charge in [-0.1, -0.05) is 48.7 Å². The number of allylic oxidation sites excluding steroid dienone is 2. The summed E-state index contributed by atoms with van der Waals surface area (Å²) in [6.07, 6.45) is 18.6. The van der Waals surface area contributed by atoms with Gasteiger partial charge in [0.15, 0.2) is 0 Å². The molecule has 1 aromatic rings. The molecule has 2 aliphatic rings. The van der Waals surface area contributed by atoms with Gasteiger partial charge in [0, 0.05) is 5.02 Å². The average molecular weight is 377 g/mol. The van der Waals surface area contributed by atoms with Gasteiger partial charge in [0.25, 0.3) is 0 Å². The standard InChI is InChI=1S/C24H34ClF/c25-24-16-10-21(11-17-24)5-4-20-8-14-23(15-9-20)22-12-6-19(7-13-22)3-1-2-18-26/h1,3,10-11,16-17,19-20,22-23H,2,4-9,12-15,18H2. The summed E-state index contributed by atoms with van der Waals surface area (Å²) in [6.45, 7) is -0.215. The molecular formula is C24H34ClF. The molecule has 0 aliphatic heterocycles. The van der Waals surface area contributed by atoms with E-state index in [0.717, 1.165) is 22.8 Å². The van der Waals surface area contributed by atoms with E-state index in [0.29, 0.717) is 12.3 Å². The third-order valence-corrected chi connectivity index (χ3v) is 7.07. The van der Waals surface area contributed by atoms with Crippen molar-refractivity contribution in [2.45, 2.75) is 70.6 Å². The molecule has 2 saturated carbocycles. The van der Waals surface area contributed by atoms with Gasteiger partial charge >= 0.3 is 0 Å². The third kappa shape index (κ3) is 6.12. The van der Waals surface area contributed by atoms with Crippen LogP contribution in [0.4, 0.5) is 4.39 Å². The van der Waals surface area contributed by atoms with Gasteiger partial charge in [-0.05, 0) is 99.2 Å². The average Bonchev–Trinajstić information content (AvgIpc) is 2.69. The zero-order valence-corrected chi connectivity index (χ0v) is 16.8. The van der Waals surface area contributed by atoms with E-state index in [9.17, 15) is 4.39 Å². The van der Waals surface area contributed by atoms with E-state index in [1.165, 1.54) is 69.8 Å². The number of rotatable bonds is 7. The van der Waals surface area contributed by atoms with Crippen LogP contribution in [0.2, 0.25) is 5.02 Å². The minimum Gasteiger partial charge on any atom is -0.251 e. The Morgan fingerprint density at radius 2 is 1.50 bits per heavy atom. The first-order valence-electron chi connectivity index (χ1n) is 10.7. The van der Waals surface area contributed by atoms with Crippen LogP contribution in [0.25, 0.3) is 0 Å². The molecule has 2 heteroatoms. The first kappa shape index (κ1) is 19.9. The molecule has 0 nitrogen and oxygen atoms in total. The molecule has 2 aliphatic carbocycles. The van der Waals surface area contributed by atoms with Crippen LogP contribution < -0.4 is 0 Å². The lowest BCUT2D eigenvalue weighted by Crippen LogP contribution is -2.25. The van der Waals surface area contributed by atoms with E-state index >= 15 is 0 Å². The van der Waals surface area contributed by atoms with E-state index < -0.39 is 0 Å². The van der Waals surface area contributed by atoms with Crippen molar-refractivity contribution in [1.82, 2.24) is 0 Å². The van der Waals surface area contributed by atoms with Crippen LogP contribution in [-0.2, 0) is 6.42 Å². The molecule has 0 saturated heterocycles. The Balaban J connectivity index is 1.34. The summed E-state index contributed by atoms with van der Waals surface area (Å²) < 4.78 is 12.2. The van der Waals surface area contributed by atoms with Crippen molar-refractivity contribution in [2.24, 2.45) is 23.7 Å². The Hall–Kier alpha value is -0.820. The highest BCUT2D eigenvalue weighted by Gasteiger charge is 2.30. The summed E-state index contributed by atoms with van der Waals surface area (Å²) in [5.74, 6) is 3.56. The molecule has 0 radical (unpaired) electrons. The van der Waals surface area contributed by atoms with Crippen molar-refractivity contribution >= 4 is 11.6 Å². The molecule has 144 valence electrons. The number of hydrogen-bond acceptors (Lipinski definition) is 0. The lowest BCUT2D eigenvalue weighted by molar-refractivity contribution is 0.152. The van der Waals surface area contributed by atoms with Crippen LogP contribution in [0.5, 0.6) is 0 Å². The van der Waals surface area contributed by atoms with Crippen LogP contribution in [0, 0.1) is 23.7 Å². The number of hydrogen-bond donors (Lipinski definition) is 0. The lowest BCUT2D eigenvalue weighted by Gasteiger charge is -2.37. The van der Waals surface area contributed by atoms with E-state index in [-0.39, 0.29) is 6.67 Å². The van der Waals surface area contributed by atoms with Gasteiger partial charge in [-0.15, -0.1) is 0 Å². The first-order chi connectivity index (χ1) is 12.7. The van der Waals surface area contributed by atoms with Crippen molar-refractivity contribution in [2.75, 3.05) is 6.67 Å². The molecule has 1 aromatic carbocycles. The Morgan fingerprint density at radius 3 is 2.12 bits per heavy atom. The Morgan fingerprint density at radius 1 is 0.885 bits per heavy atom. The molecule has 3 rings (SSSR count). The molecule has 0 heterocycles. The summed E-state index contributed by atoms with van der Waals surface area (Å²) in [7, 11) is 0. The van der Waals surface area contributed by atoms with Crippen molar-refractivity contribution in [1.29, 1.82) is 0 Å². The highest BCUT2D eigenvalue weighted by Crippen LogP contribution is 2.42. The molecule has 0 unspecified atom stereocenters. The van der Waals surface area contributed by atoms with E-state index in [1.54, 1.807) is 0 Å². The molecule has 26 heavy (non-hydrogen) atoms. The Kier molecular flexibility index (Phi) is 8.05. The fourth-order valence-electron chi connectivity index (χ4n) is 5.13. The minimum atomic E-state index is -0.215. The highest BCUT2D eigenvalue weighted by molar-refractivity contribution is 6.30. The highest BCUT2D eigenvalue weighted by atomic mass is 35.5. The van der Waals surface area contributed by atoms with Crippen LogP contribution in [0.15, 0.2) is 36.4 Å². The predicted octanol–water partition coefficient (Wildman–Crippen LogP) is 7.80. The minimum absolute atomic E-state index is 0.215. The van der Waals surface area contributed by atoms with Crippen molar-refractivity contribution in [3.63, 3.8) is 0 Å². The lowest BCUT2D eigenvalue weighted by atomic mass is 9.68. The fraction of sp³-hybridized carbons (Fsp3) is 0.667. The van der Waals surface area contributed by atoms with Gasteiger partial charge in [0.1, 0.15) is 0 Å². The second kappa shape index (κ2) is 10.5. The van der Waals surface area contributed by atoms with Gasteiger partial charge in [0.05, 0.1) is 6.67 Å². The van der Waals surface area contributed by atoms with E-state index in [4.69, 9.17) is 11.6 Å². The maximum Gasteiger partial charge on any atom is 0.0928 e. The molecule has 0 amide bonds. The summed E-state index contributed by atoms with van der Waals surface area (Å²) in [6, 6.07) is 8.37. The van der Waals surface area contributed by atoms with Crippen LogP contribution >= 0.6 is 11.6 Å². The van der Waals surface area contributed by atoms with Crippen LogP contribution in [-0.4, -0.2) is 6.67 Å². The fourth-order valence-corrected chi connectivity index (χ4v) is 5.26. The molecule has 0 aromatic heterocycles. The van der Waals surface area contributed by atoms with Crippen LogP contribution in [0.1, 0.15) is 69.8 Å². The van der Waals surface area contributed by atoms with Crippen molar-refractivity contribution in [3.05, 3.63) is 47.0 Å². The smallest absolute Gasteiger partial charge is 0.0928 e. The van der Waals surface area contributed by atoms with E-state index in [2.05, 4.69) is 24.3 Å². The molecule has 0 N–H and O–H groups in total. The molecule has 0 atom stereocenters. The summed E-state index contributed by atoms with van der Waals surface area (Å²) >= 11 is 5.97. The van der Waals surface area contributed by atoms with Crippen molar-refractivity contribution < 1.29 is 4.39 Å². The zero-order valence-electron chi connectivity index (χ0n) is 16.0. The SMILES string of the molecule is FCCC=CC1CCC(C2CCC(CCc3ccc(Cl)cc3)CC2)CC1. The largest absolute Gasteiger partial charge is 0.251 e. The number of halogens is 2. The summed E-state index contributed by atoms with van der Waals surface area (Å²) in [5, 5.41) is 0.835. The van der Waals surface area contributed by atoms with E-state index in [1.807, 2.05) is 12.1 Å². The topological polar surface area (TPSA) is 0 Å². The predicted molar refractivity (Wildman–Crippen MR) is 110 cm³/mol. The zero-order chi connectivity index (χ0) is 18.2. The Bertz CT molecular complexity index is 534. The van der Waals surface area contributed by atoms with Gasteiger partial charge in [-0.2, -0.15) is 0 Å². The maximum atomic E-state index is 12.2. The number of aryl methyl sites for hydroxylation is 1. The van der Waals surface area contributed by atoms with Gasteiger partial charge in [-0.25, -0.2) is 0 Å². The monoisotopic (exact) mass is 376 g/mol. The first-order valence-corrected chi connectivity index (χ1v) is 11.1. The summed E-state index contributed by atoms with van der Waals surface area (Å²) in [5.41, 5.74) is 1.43. The third-order valence-electron chi connectivity index (χ3n) is 6.81. The molecule has 0 spiro atoms. The second-order valence-corrected chi connectivity index (χ2v) is 8.96. The quantitative estimate of drug-likeness (QED) is 0.426. The number of benzene rings is 1.